The first-order valence-electron chi connectivity index (χ1n) is 8.03. The van der Waals surface area contributed by atoms with Crippen LogP contribution in [0.4, 0.5) is 5.13 Å². The highest BCUT2D eigenvalue weighted by atomic mass is 32.2. The lowest BCUT2D eigenvalue weighted by atomic mass is 10.2. The molecule has 0 saturated carbocycles. The first kappa shape index (κ1) is 19.1. The number of carbonyl (C=O) groups excluding carboxylic acids is 2. The van der Waals surface area contributed by atoms with Crippen LogP contribution in [0.5, 0.6) is 0 Å². The predicted octanol–water partition coefficient (Wildman–Crippen LogP) is 2.60. The molecule has 27 heavy (non-hydrogen) atoms. The van der Waals surface area contributed by atoms with Crippen molar-refractivity contribution in [2.45, 2.75) is 19.0 Å². The summed E-state index contributed by atoms with van der Waals surface area (Å²) < 4.78 is 5.75. The summed E-state index contributed by atoms with van der Waals surface area (Å²) in [6.45, 7) is 3.77. The number of thiazole rings is 1. The molecule has 0 aliphatic carbocycles. The van der Waals surface area contributed by atoms with Gasteiger partial charge in [0.15, 0.2) is 10.3 Å². The topological polar surface area (TPSA) is 114 Å². The summed E-state index contributed by atoms with van der Waals surface area (Å²) in [4.78, 5) is 46.4. The fraction of sp³-hybridized carbons (Fsp3) is 0.235. The predicted molar refractivity (Wildman–Crippen MR) is 105 cm³/mol. The molecule has 0 saturated heterocycles. The first-order valence-corrected chi connectivity index (χ1v) is 9.83. The number of benzene rings is 1. The third kappa shape index (κ3) is 4.92. The number of rotatable bonds is 6. The number of aromatic nitrogens is 3. The maximum atomic E-state index is 12.1. The van der Waals surface area contributed by atoms with Crippen LogP contribution in [0.2, 0.25) is 0 Å². The Labute approximate surface area is 162 Å². The van der Waals surface area contributed by atoms with Gasteiger partial charge >= 0.3 is 5.97 Å². The number of hydrogen-bond acceptors (Lipinski definition) is 8. The van der Waals surface area contributed by atoms with Crippen molar-refractivity contribution in [3.8, 4) is 0 Å². The van der Waals surface area contributed by atoms with E-state index < -0.39 is 5.97 Å². The number of aryl methyl sites for hydroxylation is 1. The Morgan fingerprint density at radius 3 is 2.85 bits per heavy atom. The van der Waals surface area contributed by atoms with E-state index >= 15 is 0 Å². The lowest BCUT2D eigenvalue weighted by molar-refractivity contribution is -0.113. The average Bonchev–Trinajstić information content (AvgIpc) is 3.00. The van der Waals surface area contributed by atoms with E-state index in [0.29, 0.717) is 33.7 Å². The summed E-state index contributed by atoms with van der Waals surface area (Å²) in [5.41, 5.74) is 1.45. The van der Waals surface area contributed by atoms with Crippen LogP contribution in [0, 0.1) is 6.92 Å². The average molecular weight is 404 g/mol. The number of carbonyl (C=O) groups is 2. The van der Waals surface area contributed by atoms with Gasteiger partial charge in [0.05, 0.1) is 28.1 Å². The number of thioether (sulfide) groups is 1. The van der Waals surface area contributed by atoms with Gasteiger partial charge in [0, 0.05) is 11.8 Å². The third-order valence-corrected chi connectivity index (χ3v) is 5.14. The minimum Gasteiger partial charge on any atom is -0.462 e. The zero-order chi connectivity index (χ0) is 19.4. The zero-order valence-corrected chi connectivity index (χ0v) is 16.2. The summed E-state index contributed by atoms with van der Waals surface area (Å²) in [6.07, 6.45) is 0. The molecule has 0 unspecified atom stereocenters. The lowest BCUT2D eigenvalue weighted by Crippen LogP contribution is -2.15. The van der Waals surface area contributed by atoms with E-state index in [4.69, 9.17) is 4.74 Å². The van der Waals surface area contributed by atoms with Gasteiger partial charge in [0.1, 0.15) is 0 Å². The molecular formula is C17H16N4O4S2. The summed E-state index contributed by atoms with van der Waals surface area (Å²) in [5, 5.41) is 3.54. The fourth-order valence-electron chi connectivity index (χ4n) is 2.23. The van der Waals surface area contributed by atoms with E-state index in [2.05, 4.69) is 20.3 Å². The van der Waals surface area contributed by atoms with Gasteiger partial charge in [-0.1, -0.05) is 23.1 Å². The molecule has 10 heteroatoms. The molecule has 8 nitrogen and oxygen atoms in total. The van der Waals surface area contributed by atoms with Crippen LogP contribution < -0.4 is 10.9 Å². The third-order valence-electron chi connectivity index (χ3n) is 3.33. The molecule has 0 bridgehead atoms. The van der Waals surface area contributed by atoms with Crippen molar-refractivity contribution in [3.63, 3.8) is 0 Å². The Hall–Kier alpha value is -2.72. The maximum absolute atomic E-state index is 12.1. The smallest absolute Gasteiger partial charge is 0.338 e. The van der Waals surface area contributed by atoms with Gasteiger partial charge in [-0.2, -0.15) is 0 Å². The molecule has 1 aromatic carbocycles. The number of nitrogens with one attached hydrogen (secondary N) is 2. The zero-order valence-electron chi connectivity index (χ0n) is 14.6. The van der Waals surface area contributed by atoms with E-state index in [-0.39, 0.29) is 17.2 Å². The number of aromatic amines is 1. The second kappa shape index (κ2) is 8.31. The number of esters is 1. The molecule has 140 valence electrons. The number of hydrogen-bond donors (Lipinski definition) is 2. The van der Waals surface area contributed by atoms with Crippen LogP contribution in [-0.4, -0.2) is 39.2 Å². The van der Waals surface area contributed by atoms with Gasteiger partial charge in [-0.25, -0.2) is 14.8 Å². The molecule has 2 N–H and O–H groups in total. The molecular weight excluding hydrogens is 388 g/mol. The molecule has 3 aromatic rings. The van der Waals surface area contributed by atoms with Crippen molar-refractivity contribution < 1.29 is 14.3 Å². The monoisotopic (exact) mass is 404 g/mol. The number of anilines is 1. The minimum absolute atomic E-state index is 0.0798. The SMILES string of the molecule is CCOC(=O)c1ccc2nc(NC(=O)CSc3nc(C)cc(=O)[nH]3)sc2c1. The van der Waals surface area contributed by atoms with E-state index in [1.165, 1.54) is 17.4 Å². The summed E-state index contributed by atoms with van der Waals surface area (Å²) in [7, 11) is 0. The van der Waals surface area contributed by atoms with Crippen LogP contribution in [-0.2, 0) is 9.53 Å². The van der Waals surface area contributed by atoms with Crippen molar-refractivity contribution in [2.75, 3.05) is 17.7 Å². The summed E-state index contributed by atoms with van der Waals surface area (Å²) in [6, 6.07) is 6.43. The number of nitrogens with zero attached hydrogens (tertiary/aromatic N) is 2. The Bertz CT molecular complexity index is 1060. The molecule has 0 fully saturated rings. The Morgan fingerprint density at radius 1 is 1.30 bits per heavy atom. The maximum Gasteiger partial charge on any atom is 0.338 e. The van der Waals surface area contributed by atoms with Crippen LogP contribution in [0.25, 0.3) is 10.2 Å². The molecule has 0 aliphatic rings. The number of fused-ring (bicyclic) bond motifs is 1. The lowest BCUT2D eigenvalue weighted by Gasteiger charge is -2.02. The van der Waals surface area contributed by atoms with Crippen molar-refractivity contribution in [1.29, 1.82) is 0 Å². The van der Waals surface area contributed by atoms with Gasteiger partial charge in [0.2, 0.25) is 5.91 Å². The second-order valence-electron chi connectivity index (χ2n) is 5.45. The summed E-state index contributed by atoms with van der Waals surface area (Å²) >= 11 is 2.40. The molecule has 3 rings (SSSR count). The molecule has 2 heterocycles. The van der Waals surface area contributed by atoms with Crippen LogP contribution in [0.1, 0.15) is 23.0 Å². The van der Waals surface area contributed by atoms with E-state index in [1.54, 1.807) is 32.0 Å². The van der Waals surface area contributed by atoms with Crippen molar-refractivity contribution in [2.24, 2.45) is 0 Å². The van der Waals surface area contributed by atoms with E-state index in [0.717, 1.165) is 16.5 Å². The Kier molecular flexibility index (Phi) is 5.87. The van der Waals surface area contributed by atoms with Crippen molar-refractivity contribution >= 4 is 50.3 Å². The van der Waals surface area contributed by atoms with Crippen LogP contribution in [0.15, 0.2) is 34.2 Å². The second-order valence-corrected chi connectivity index (χ2v) is 7.45. The Balaban J connectivity index is 1.66. The van der Waals surface area contributed by atoms with E-state index in [9.17, 15) is 14.4 Å². The van der Waals surface area contributed by atoms with Gasteiger partial charge in [-0.3, -0.25) is 9.59 Å². The highest BCUT2D eigenvalue weighted by molar-refractivity contribution is 7.99. The number of H-pyrrole nitrogens is 1. The minimum atomic E-state index is -0.394. The van der Waals surface area contributed by atoms with Gasteiger partial charge in [0.25, 0.3) is 5.56 Å². The molecule has 0 atom stereocenters. The Morgan fingerprint density at radius 2 is 2.11 bits per heavy atom. The highest BCUT2D eigenvalue weighted by Gasteiger charge is 2.12. The van der Waals surface area contributed by atoms with Gasteiger partial charge in [-0.15, -0.1) is 0 Å². The fourth-order valence-corrected chi connectivity index (χ4v) is 3.87. The molecule has 0 radical (unpaired) electrons. The summed E-state index contributed by atoms with van der Waals surface area (Å²) in [5.74, 6) is -0.584. The number of amides is 1. The van der Waals surface area contributed by atoms with Crippen LogP contribution >= 0.6 is 23.1 Å². The number of ether oxygens (including phenoxy) is 1. The van der Waals surface area contributed by atoms with Crippen molar-refractivity contribution in [3.05, 3.63) is 45.9 Å². The molecule has 0 spiro atoms. The standard InChI is InChI=1S/C17H16N4O4S2/c1-3-25-15(24)10-4-5-11-12(7-10)27-17(19-11)21-14(23)8-26-16-18-9(2)6-13(22)20-16/h4-7H,3,8H2,1-2H3,(H,18,20,22)(H,19,21,23). The van der Waals surface area contributed by atoms with Crippen LogP contribution in [0.3, 0.4) is 0 Å². The molecule has 0 aliphatic heterocycles. The highest BCUT2D eigenvalue weighted by Crippen LogP contribution is 2.27. The van der Waals surface area contributed by atoms with E-state index in [1.807, 2.05) is 0 Å². The normalized spacial score (nSPS) is 10.7. The first-order chi connectivity index (χ1) is 12.9. The van der Waals surface area contributed by atoms with Crippen molar-refractivity contribution in [1.82, 2.24) is 15.0 Å². The molecule has 2 aromatic heterocycles. The van der Waals surface area contributed by atoms with Gasteiger partial charge in [-0.05, 0) is 32.0 Å². The largest absolute Gasteiger partial charge is 0.462 e. The molecule has 1 amide bonds. The quantitative estimate of drug-likeness (QED) is 0.369. The van der Waals surface area contributed by atoms with Gasteiger partial charge < -0.3 is 15.0 Å².